The smallest absolute Gasteiger partial charge is 0.433 e. The van der Waals surface area contributed by atoms with Gasteiger partial charge in [0.1, 0.15) is 22.7 Å². The fraction of sp³-hybridized carbons (Fsp3) is 0.519. The van der Waals surface area contributed by atoms with E-state index in [1.165, 1.54) is 20.2 Å². The van der Waals surface area contributed by atoms with Crippen LogP contribution in [0.15, 0.2) is 30.5 Å². The highest BCUT2D eigenvalue weighted by atomic mass is 19.4. The van der Waals surface area contributed by atoms with Crippen LogP contribution < -0.4 is 10.1 Å². The highest BCUT2D eigenvalue weighted by molar-refractivity contribution is 6.19. The Kier molecular flexibility index (Phi) is 9.29. The van der Waals surface area contributed by atoms with E-state index in [9.17, 15) is 22.8 Å². The number of carbonyl (C=O) groups excluding carboxylic acids is 2. The van der Waals surface area contributed by atoms with Crippen LogP contribution in [0, 0.1) is 0 Å². The molecule has 0 aliphatic carbocycles. The third-order valence-electron chi connectivity index (χ3n) is 5.48. The Morgan fingerprint density at radius 2 is 1.66 bits per heavy atom. The van der Waals surface area contributed by atoms with Crippen molar-refractivity contribution in [3.05, 3.63) is 53.0 Å². The second-order valence-corrected chi connectivity index (χ2v) is 10.9. The van der Waals surface area contributed by atoms with Crippen LogP contribution in [0.1, 0.15) is 64.1 Å². The van der Waals surface area contributed by atoms with E-state index in [0.717, 1.165) is 4.68 Å². The molecule has 1 N–H and O–H groups in total. The van der Waals surface area contributed by atoms with Crippen molar-refractivity contribution in [2.45, 2.75) is 65.3 Å². The van der Waals surface area contributed by atoms with Crippen molar-refractivity contribution >= 4 is 17.4 Å². The molecular weight excluding hydrogens is 501 g/mol. The van der Waals surface area contributed by atoms with Crippen LogP contribution in [0.25, 0.3) is 5.57 Å². The SMILES string of the molecule is COc1ccc(Cn2nc(/C(=C/N(C)C)C(C)=O)c(C(C)(C)CNC(=O)OC(C)(C)C)c2C(F)(F)F)cc1. The molecule has 1 aromatic heterocycles. The number of halogens is 3. The van der Waals surface area contributed by atoms with Gasteiger partial charge >= 0.3 is 12.3 Å². The molecule has 0 aliphatic rings. The van der Waals surface area contributed by atoms with E-state index in [2.05, 4.69) is 10.4 Å². The van der Waals surface area contributed by atoms with Gasteiger partial charge in [0.2, 0.25) is 0 Å². The number of nitrogens with zero attached hydrogens (tertiary/aromatic N) is 3. The van der Waals surface area contributed by atoms with Crippen LogP contribution in [0.3, 0.4) is 0 Å². The van der Waals surface area contributed by atoms with Crippen LogP contribution in [-0.2, 0) is 27.7 Å². The van der Waals surface area contributed by atoms with Gasteiger partial charge in [-0.05, 0) is 45.4 Å². The van der Waals surface area contributed by atoms with Crippen LogP contribution in [0.4, 0.5) is 18.0 Å². The summed E-state index contributed by atoms with van der Waals surface area (Å²) in [7, 11) is 4.82. The molecule has 1 amide bonds. The Labute approximate surface area is 221 Å². The van der Waals surface area contributed by atoms with Crippen molar-refractivity contribution in [2.75, 3.05) is 27.7 Å². The second kappa shape index (κ2) is 11.5. The Bertz CT molecular complexity index is 1170. The summed E-state index contributed by atoms with van der Waals surface area (Å²) in [6.07, 6.45) is -4.12. The lowest BCUT2D eigenvalue weighted by Gasteiger charge is -2.29. The zero-order chi connectivity index (χ0) is 29.1. The summed E-state index contributed by atoms with van der Waals surface area (Å²) >= 11 is 0. The average Bonchev–Trinajstić information content (AvgIpc) is 3.15. The number of carbonyl (C=O) groups is 2. The number of rotatable bonds is 9. The van der Waals surface area contributed by atoms with Gasteiger partial charge < -0.3 is 19.7 Å². The third-order valence-corrected chi connectivity index (χ3v) is 5.48. The highest BCUT2D eigenvalue weighted by Crippen LogP contribution is 2.42. The Balaban J connectivity index is 2.74. The number of methoxy groups -OCH3 is 1. The minimum Gasteiger partial charge on any atom is -0.497 e. The monoisotopic (exact) mass is 538 g/mol. The molecule has 0 saturated heterocycles. The van der Waals surface area contributed by atoms with Gasteiger partial charge in [0.15, 0.2) is 5.78 Å². The number of ketones is 1. The summed E-state index contributed by atoms with van der Waals surface area (Å²) in [6, 6.07) is 6.60. The van der Waals surface area contributed by atoms with Gasteiger partial charge in [-0.3, -0.25) is 9.48 Å². The zero-order valence-electron chi connectivity index (χ0n) is 23.4. The predicted octanol–water partition coefficient (Wildman–Crippen LogP) is 5.25. The molecule has 210 valence electrons. The second-order valence-electron chi connectivity index (χ2n) is 10.9. The van der Waals surface area contributed by atoms with E-state index in [1.54, 1.807) is 77.9 Å². The maximum Gasteiger partial charge on any atom is 0.433 e. The van der Waals surface area contributed by atoms with Gasteiger partial charge in [-0.1, -0.05) is 26.0 Å². The van der Waals surface area contributed by atoms with E-state index < -0.39 is 34.8 Å². The zero-order valence-corrected chi connectivity index (χ0v) is 23.4. The molecule has 0 fully saturated rings. The lowest BCUT2D eigenvalue weighted by Crippen LogP contribution is -2.41. The van der Waals surface area contributed by atoms with Crippen LogP contribution >= 0.6 is 0 Å². The standard InChI is InChI=1S/C27H37F3N4O4/c1-17(35)20(15-33(7)8)22-21(26(5,6)16-31-24(36)38-25(2,3)4)23(27(28,29)30)34(32-22)14-18-10-12-19(37-9)13-11-18/h10-13,15H,14,16H2,1-9H3,(H,31,36)/b20-15+. The number of alkyl carbamates (subject to hydrolysis) is 1. The van der Waals surface area contributed by atoms with E-state index >= 15 is 0 Å². The molecule has 0 aliphatic heterocycles. The summed E-state index contributed by atoms with van der Waals surface area (Å²) in [5.41, 5.74) is -2.78. The molecule has 2 rings (SSSR count). The van der Waals surface area contributed by atoms with E-state index in [0.29, 0.717) is 11.3 Å². The molecule has 1 aromatic carbocycles. The van der Waals surface area contributed by atoms with Crippen LogP contribution in [-0.4, -0.2) is 59.9 Å². The molecule has 0 radical (unpaired) electrons. The Morgan fingerprint density at radius 1 is 1.08 bits per heavy atom. The average molecular weight is 539 g/mol. The largest absolute Gasteiger partial charge is 0.497 e. The summed E-state index contributed by atoms with van der Waals surface area (Å²) < 4.78 is 55.4. The number of aromatic nitrogens is 2. The van der Waals surface area contributed by atoms with Crippen molar-refractivity contribution in [1.82, 2.24) is 20.0 Å². The minimum absolute atomic E-state index is 0.0225. The Hall–Kier alpha value is -3.50. The molecule has 1 heterocycles. The van der Waals surface area contributed by atoms with Crippen LogP contribution in [0.5, 0.6) is 5.75 Å². The minimum atomic E-state index is -4.81. The van der Waals surface area contributed by atoms with Crippen molar-refractivity contribution in [2.24, 2.45) is 0 Å². The molecule has 0 saturated carbocycles. The van der Waals surface area contributed by atoms with E-state index in [1.807, 2.05) is 0 Å². The first-order chi connectivity index (χ1) is 17.4. The van der Waals surface area contributed by atoms with Gasteiger partial charge in [0.05, 0.1) is 19.2 Å². The number of allylic oxidation sites excluding steroid dienone is 1. The predicted molar refractivity (Wildman–Crippen MR) is 139 cm³/mol. The molecule has 11 heteroatoms. The molecule has 0 bridgehead atoms. The van der Waals surface area contributed by atoms with Gasteiger partial charge in [0.25, 0.3) is 0 Å². The lowest BCUT2D eigenvalue weighted by molar-refractivity contribution is -0.145. The van der Waals surface area contributed by atoms with E-state index in [-0.39, 0.29) is 29.9 Å². The maximum absolute atomic E-state index is 14.7. The van der Waals surface area contributed by atoms with Crippen molar-refractivity contribution in [1.29, 1.82) is 0 Å². The lowest BCUT2D eigenvalue weighted by atomic mass is 9.80. The topological polar surface area (TPSA) is 85.7 Å². The van der Waals surface area contributed by atoms with Crippen molar-refractivity contribution in [3.63, 3.8) is 0 Å². The first-order valence-electron chi connectivity index (χ1n) is 12.0. The van der Waals surface area contributed by atoms with Crippen molar-refractivity contribution < 1.29 is 32.2 Å². The molecular formula is C27H37F3N4O4. The first-order valence-corrected chi connectivity index (χ1v) is 12.0. The number of ether oxygens (including phenoxy) is 2. The number of benzene rings is 1. The number of hydrogen-bond donors (Lipinski definition) is 1. The molecule has 2 aromatic rings. The summed E-state index contributed by atoms with van der Waals surface area (Å²) in [4.78, 5) is 26.6. The number of Topliss-reactive ketones (excluding diaryl/α,β-unsaturated/α-hetero) is 1. The molecule has 38 heavy (non-hydrogen) atoms. The summed E-state index contributed by atoms with van der Waals surface area (Å²) in [5.74, 6) is 0.118. The van der Waals surface area contributed by atoms with Gasteiger partial charge in [-0.15, -0.1) is 0 Å². The maximum atomic E-state index is 14.7. The van der Waals surface area contributed by atoms with Crippen molar-refractivity contribution in [3.8, 4) is 5.75 Å². The number of nitrogens with one attached hydrogen (secondary N) is 1. The summed E-state index contributed by atoms with van der Waals surface area (Å²) in [6.45, 7) is 9.06. The fourth-order valence-corrected chi connectivity index (χ4v) is 3.87. The fourth-order valence-electron chi connectivity index (χ4n) is 3.87. The normalized spacial score (nSPS) is 12.8. The van der Waals surface area contributed by atoms with Crippen LogP contribution in [0.2, 0.25) is 0 Å². The first kappa shape index (κ1) is 30.7. The highest BCUT2D eigenvalue weighted by Gasteiger charge is 2.45. The van der Waals surface area contributed by atoms with E-state index in [4.69, 9.17) is 9.47 Å². The molecule has 0 spiro atoms. The quantitative estimate of drug-likeness (QED) is 0.439. The Morgan fingerprint density at radius 3 is 2.11 bits per heavy atom. The third kappa shape index (κ3) is 8.00. The number of alkyl halides is 3. The van der Waals surface area contributed by atoms with Gasteiger partial charge in [-0.2, -0.15) is 18.3 Å². The summed E-state index contributed by atoms with van der Waals surface area (Å²) in [5, 5.41) is 6.92. The number of hydrogen-bond acceptors (Lipinski definition) is 6. The molecule has 0 atom stereocenters. The number of amides is 1. The van der Waals surface area contributed by atoms with Gasteiger partial charge in [-0.25, -0.2) is 4.79 Å². The molecule has 0 unspecified atom stereocenters. The van der Waals surface area contributed by atoms with Gasteiger partial charge in [0, 0.05) is 37.8 Å². The molecule has 8 nitrogen and oxygen atoms in total.